The highest BCUT2D eigenvalue weighted by molar-refractivity contribution is 8.00. The number of carbonyl (C=O) groups excluding carboxylic acids is 1. The van der Waals surface area contributed by atoms with E-state index < -0.39 is 0 Å². The molecule has 2 aromatic rings. The first-order valence-electron chi connectivity index (χ1n) is 7.28. The van der Waals surface area contributed by atoms with Crippen molar-refractivity contribution in [2.24, 2.45) is 0 Å². The molecule has 1 atom stereocenters. The number of thioether (sulfide) groups is 1. The quantitative estimate of drug-likeness (QED) is 0.716. The molecule has 0 radical (unpaired) electrons. The van der Waals surface area contributed by atoms with Crippen molar-refractivity contribution < 1.29 is 4.79 Å². The van der Waals surface area contributed by atoms with Crippen molar-refractivity contribution in [3.63, 3.8) is 0 Å². The molecular formula is C16H19ClN4OS. The van der Waals surface area contributed by atoms with Gasteiger partial charge in [-0.2, -0.15) is 5.10 Å². The topological polar surface area (TPSA) is 51.0 Å². The fourth-order valence-corrected chi connectivity index (χ4v) is 3.02. The average Bonchev–Trinajstić information content (AvgIpc) is 2.96. The van der Waals surface area contributed by atoms with Gasteiger partial charge in [-0.15, -0.1) is 18.3 Å². The monoisotopic (exact) mass is 350 g/mol. The SMILES string of the molecule is C=CCSC(C)C(=O)N(CC)c1cn(-c2cccnc2)nc1Cl. The molecule has 7 heteroatoms. The summed E-state index contributed by atoms with van der Waals surface area (Å²) in [4.78, 5) is 18.4. The highest BCUT2D eigenvalue weighted by Crippen LogP contribution is 2.27. The number of hydrogen-bond donors (Lipinski definition) is 0. The van der Waals surface area contributed by atoms with Crippen molar-refractivity contribution >= 4 is 35.0 Å². The van der Waals surface area contributed by atoms with Gasteiger partial charge in [0.25, 0.3) is 0 Å². The first kappa shape index (κ1) is 17.6. The fraction of sp³-hybridized carbons (Fsp3) is 0.312. The van der Waals surface area contributed by atoms with E-state index in [1.165, 1.54) is 0 Å². The molecule has 0 N–H and O–H groups in total. The molecule has 2 heterocycles. The van der Waals surface area contributed by atoms with Crippen molar-refractivity contribution in [3.05, 3.63) is 48.5 Å². The Morgan fingerprint density at radius 2 is 2.39 bits per heavy atom. The van der Waals surface area contributed by atoms with Crippen LogP contribution in [0, 0.1) is 0 Å². The molecule has 122 valence electrons. The summed E-state index contributed by atoms with van der Waals surface area (Å²) in [5, 5.41) is 4.40. The normalized spacial score (nSPS) is 12.0. The molecule has 0 saturated carbocycles. The van der Waals surface area contributed by atoms with Crippen LogP contribution in [0.3, 0.4) is 0 Å². The van der Waals surface area contributed by atoms with Gasteiger partial charge in [0, 0.05) is 18.5 Å². The third-order valence-electron chi connectivity index (χ3n) is 3.25. The summed E-state index contributed by atoms with van der Waals surface area (Å²) in [7, 11) is 0. The average molecular weight is 351 g/mol. The number of halogens is 1. The van der Waals surface area contributed by atoms with Gasteiger partial charge in [-0.3, -0.25) is 9.78 Å². The molecule has 0 aliphatic carbocycles. The van der Waals surface area contributed by atoms with E-state index >= 15 is 0 Å². The van der Waals surface area contributed by atoms with Gasteiger partial charge >= 0.3 is 0 Å². The Bertz CT molecular complexity index is 674. The Kier molecular flexibility index (Phi) is 6.24. The standard InChI is InChI=1S/C16H19ClN4OS/c1-4-9-23-12(3)16(22)20(5-2)14-11-21(19-15(14)17)13-7-6-8-18-10-13/h4,6-8,10-12H,1,5,9H2,2-3H3. The molecule has 0 spiro atoms. The minimum Gasteiger partial charge on any atom is -0.308 e. The van der Waals surface area contributed by atoms with Crippen molar-refractivity contribution in [2.75, 3.05) is 17.2 Å². The van der Waals surface area contributed by atoms with Gasteiger partial charge in [0.2, 0.25) is 5.91 Å². The maximum Gasteiger partial charge on any atom is 0.239 e. The zero-order valence-electron chi connectivity index (χ0n) is 13.1. The molecule has 0 saturated heterocycles. The predicted octanol–water partition coefficient (Wildman–Crippen LogP) is 3.58. The number of nitrogens with zero attached hydrogens (tertiary/aromatic N) is 4. The number of anilines is 1. The van der Waals surface area contributed by atoms with E-state index in [0.29, 0.717) is 17.4 Å². The Hall–Kier alpha value is -1.79. The van der Waals surface area contributed by atoms with Gasteiger partial charge < -0.3 is 4.90 Å². The van der Waals surface area contributed by atoms with Gasteiger partial charge in [-0.05, 0) is 26.0 Å². The molecular weight excluding hydrogens is 332 g/mol. The molecule has 1 amide bonds. The van der Waals surface area contributed by atoms with Crippen LogP contribution < -0.4 is 4.90 Å². The molecule has 0 bridgehead atoms. The smallest absolute Gasteiger partial charge is 0.239 e. The molecule has 23 heavy (non-hydrogen) atoms. The zero-order valence-corrected chi connectivity index (χ0v) is 14.7. The summed E-state index contributed by atoms with van der Waals surface area (Å²) in [5.41, 5.74) is 1.40. The summed E-state index contributed by atoms with van der Waals surface area (Å²) in [5.74, 6) is 0.736. The summed E-state index contributed by atoms with van der Waals surface area (Å²) < 4.78 is 1.63. The van der Waals surface area contributed by atoms with Crippen LogP contribution in [0.25, 0.3) is 5.69 Å². The van der Waals surface area contributed by atoms with E-state index in [0.717, 1.165) is 11.4 Å². The van der Waals surface area contributed by atoms with E-state index in [2.05, 4.69) is 16.7 Å². The van der Waals surface area contributed by atoms with Crippen LogP contribution in [0.5, 0.6) is 0 Å². The van der Waals surface area contributed by atoms with E-state index in [1.807, 2.05) is 26.0 Å². The largest absolute Gasteiger partial charge is 0.308 e. The van der Waals surface area contributed by atoms with Crippen LogP contribution in [0.1, 0.15) is 13.8 Å². The molecule has 0 fully saturated rings. The number of carbonyl (C=O) groups is 1. The fourth-order valence-electron chi connectivity index (χ4n) is 2.09. The predicted molar refractivity (Wildman–Crippen MR) is 96.5 cm³/mol. The lowest BCUT2D eigenvalue weighted by Crippen LogP contribution is -2.36. The second-order valence-corrected chi connectivity index (χ2v) is 6.54. The van der Waals surface area contributed by atoms with Gasteiger partial charge in [0.05, 0.1) is 23.3 Å². The van der Waals surface area contributed by atoms with Gasteiger partial charge in [-0.1, -0.05) is 17.7 Å². The molecule has 1 unspecified atom stereocenters. The number of hydrogen-bond acceptors (Lipinski definition) is 4. The van der Waals surface area contributed by atoms with E-state index in [1.54, 1.807) is 46.0 Å². The first-order valence-corrected chi connectivity index (χ1v) is 8.70. The molecule has 0 aliphatic heterocycles. The van der Waals surface area contributed by atoms with Gasteiger partial charge in [-0.25, -0.2) is 4.68 Å². The Labute approximate surface area is 145 Å². The third-order valence-corrected chi connectivity index (χ3v) is 4.65. The number of pyridine rings is 1. The lowest BCUT2D eigenvalue weighted by Gasteiger charge is -2.22. The van der Waals surface area contributed by atoms with Crippen LogP contribution in [0.2, 0.25) is 5.15 Å². The zero-order chi connectivity index (χ0) is 16.8. The van der Waals surface area contributed by atoms with Gasteiger partial charge in [0.15, 0.2) is 5.15 Å². The maximum atomic E-state index is 12.6. The highest BCUT2D eigenvalue weighted by atomic mass is 35.5. The van der Waals surface area contributed by atoms with Crippen LogP contribution in [-0.4, -0.2) is 38.2 Å². The third kappa shape index (κ3) is 4.14. The van der Waals surface area contributed by atoms with Crippen LogP contribution >= 0.6 is 23.4 Å². The second-order valence-electron chi connectivity index (χ2n) is 4.81. The Morgan fingerprint density at radius 3 is 3.00 bits per heavy atom. The number of amides is 1. The minimum absolute atomic E-state index is 0.00647. The summed E-state index contributed by atoms with van der Waals surface area (Å²) in [6, 6.07) is 3.70. The van der Waals surface area contributed by atoms with Crippen molar-refractivity contribution in [2.45, 2.75) is 19.1 Å². The van der Waals surface area contributed by atoms with E-state index in [4.69, 9.17) is 11.6 Å². The number of rotatable bonds is 7. The van der Waals surface area contributed by atoms with Crippen LogP contribution in [0.15, 0.2) is 43.4 Å². The van der Waals surface area contributed by atoms with Crippen molar-refractivity contribution in [1.82, 2.24) is 14.8 Å². The molecule has 2 rings (SSSR count). The first-order chi connectivity index (χ1) is 11.1. The lowest BCUT2D eigenvalue weighted by molar-refractivity contribution is -0.117. The van der Waals surface area contributed by atoms with Crippen LogP contribution in [-0.2, 0) is 4.79 Å². The van der Waals surface area contributed by atoms with E-state index in [9.17, 15) is 4.79 Å². The van der Waals surface area contributed by atoms with E-state index in [-0.39, 0.29) is 11.2 Å². The molecule has 0 aliphatic rings. The maximum absolute atomic E-state index is 12.6. The van der Waals surface area contributed by atoms with Gasteiger partial charge in [0.1, 0.15) is 5.69 Å². The number of aromatic nitrogens is 3. The summed E-state index contributed by atoms with van der Waals surface area (Å²) in [6.45, 7) is 8.01. The van der Waals surface area contributed by atoms with Crippen LogP contribution in [0.4, 0.5) is 5.69 Å². The second kappa shape index (κ2) is 8.17. The summed E-state index contributed by atoms with van der Waals surface area (Å²) in [6.07, 6.45) is 6.92. The minimum atomic E-state index is -0.175. The molecule has 5 nitrogen and oxygen atoms in total. The Balaban J connectivity index is 2.26. The molecule has 0 aromatic carbocycles. The molecule has 2 aromatic heterocycles. The van der Waals surface area contributed by atoms with Crippen molar-refractivity contribution in [1.29, 1.82) is 0 Å². The highest BCUT2D eigenvalue weighted by Gasteiger charge is 2.24. The van der Waals surface area contributed by atoms with Crippen molar-refractivity contribution in [3.8, 4) is 5.69 Å². The summed E-state index contributed by atoms with van der Waals surface area (Å²) >= 11 is 7.79. The lowest BCUT2D eigenvalue weighted by atomic mass is 10.3. The Morgan fingerprint density at radius 1 is 1.61 bits per heavy atom.